The zero-order chi connectivity index (χ0) is 24.1. The third-order valence-corrected chi connectivity index (χ3v) is 6.62. The molecule has 0 saturated heterocycles. The summed E-state index contributed by atoms with van der Waals surface area (Å²) in [7, 11) is -0.962. The minimum atomic E-state index is -3.86. The molecule has 1 atom stereocenters. The number of ether oxygens (including phenoxy) is 1. The highest BCUT2D eigenvalue weighted by atomic mass is 35.5. The van der Waals surface area contributed by atoms with Crippen LogP contribution in [0.1, 0.15) is 12.5 Å². The molecule has 174 valence electrons. The number of nitrogens with zero attached hydrogens (tertiary/aromatic N) is 2. The van der Waals surface area contributed by atoms with Crippen LogP contribution in [0, 0.1) is 0 Å². The van der Waals surface area contributed by atoms with E-state index in [9.17, 15) is 18.0 Å². The number of hydrogen-bond acceptors (Lipinski definition) is 5. The number of carbonyl (C=O) groups excluding carboxylic acids is 2. The average molecular weight is 502 g/mol. The SMILES string of the molecule is CNC(=O)[C@@H](C)N(Cc1ccccc1Cl)C(=O)CN(c1ccc(OC)c(Cl)c1)S(C)(=O)=O. The summed E-state index contributed by atoms with van der Waals surface area (Å²) in [6.45, 7) is 1.05. The van der Waals surface area contributed by atoms with E-state index in [0.717, 1.165) is 10.6 Å². The van der Waals surface area contributed by atoms with Gasteiger partial charge in [-0.15, -0.1) is 0 Å². The van der Waals surface area contributed by atoms with E-state index in [0.29, 0.717) is 16.3 Å². The van der Waals surface area contributed by atoms with Crippen LogP contribution in [0.25, 0.3) is 0 Å². The minimum absolute atomic E-state index is 0.0219. The highest BCUT2D eigenvalue weighted by molar-refractivity contribution is 7.92. The van der Waals surface area contributed by atoms with E-state index in [1.54, 1.807) is 31.2 Å². The molecule has 32 heavy (non-hydrogen) atoms. The van der Waals surface area contributed by atoms with Crippen molar-refractivity contribution in [2.24, 2.45) is 0 Å². The van der Waals surface area contributed by atoms with Crippen LogP contribution in [0.2, 0.25) is 10.0 Å². The first-order valence-electron chi connectivity index (χ1n) is 9.55. The Balaban J connectivity index is 2.42. The fourth-order valence-electron chi connectivity index (χ4n) is 3.03. The van der Waals surface area contributed by atoms with Crippen LogP contribution in [0.15, 0.2) is 42.5 Å². The van der Waals surface area contributed by atoms with Crippen LogP contribution in [-0.4, -0.2) is 58.1 Å². The normalized spacial score (nSPS) is 12.1. The molecule has 11 heteroatoms. The molecule has 0 fully saturated rings. The largest absolute Gasteiger partial charge is 0.495 e. The standard InChI is InChI=1S/C21H25Cl2N3O5S/c1-14(21(28)24-2)25(12-15-7-5-6-8-17(15)22)20(27)13-26(32(4,29)30)16-9-10-19(31-3)18(23)11-16/h5-11,14H,12-13H2,1-4H3,(H,24,28)/t14-/m1/s1. The van der Waals surface area contributed by atoms with E-state index in [4.69, 9.17) is 27.9 Å². The zero-order valence-corrected chi connectivity index (χ0v) is 20.5. The summed E-state index contributed by atoms with van der Waals surface area (Å²) in [4.78, 5) is 26.9. The van der Waals surface area contributed by atoms with Crippen molar-refractivity contribution >= 4 is 50.7 Å². The van der Waals surface area contributed by atoms with Crippen LogP contribution < -0.4 is 14.4 Å². The molecule has 0 aliphatic rings. The number of likely N-dealkylation sites (N-methyl/N-ethyl adjacent to an activating group) is 1. The second-order valence-corrected chi connectivity index (χ2v) is 9.71. The fourth-order valence-corrected chi connectivity index (χ4v) is 4.31. The van der Waals surface area contributed by atoms with E-state index in [1.807, 2.05) is 0 Å². The third-order valence-electron chi connectivity index (χ3n) is 4.81. The lowest BCUT2D eigenvalue weighted by Gasteiger charge is -2.31. The molecule has 0 unspecified atom stereocenters. The van der Waals surface area contributed by atoms with Gasteiger partial charge in [0.05, 0.1) is 24.1 Å². The number of methoxy groups -OCH3 is 1. The maximum atomic E-state index is 13.3. The summed E-state index contributed by atoms with van der Waals surface area (Å²) < 4.78 is 31.0. The quantitative estimate of drug-likeness (QED) is 0.569. The molecule has 2 amide bonds. The Morgan fingerprint density at radius 3 is 2.31 bits per heavy atom. The van der Waals surface area contributed by atoms with Gasteiger partial charge in [-0.2, -0.15) is 0 Å². The minimum Gasteiger partial charge on any atom is -0.495 e. The van der Waals surface area contributed by atoms with Crippen molar-refractivity contribution in [3.63, 3.8) is 0 Å². The third kappa shape index (κ3) is 6.27. The molecule has 2 aromatic rings. The van der Waals surface area contributed by atoms with Crippen LogP contribution in [0.3, 0.4) is 0 Å². The van der Waals surface area contributed by atoms with Gasteiger partial charge in [-0.05, 0) is 36.8 Å². The van der Waals surface area contributed by atoms with Crippen molar-refractivity contribution in [1.82, 2.24) is 10.2 Å². The van der Waals surface area contributed by atoms with Gasteiger partial charge in [0.15, 0.2) is 0 Å². The molecule has 0 bridgehead atoms. The Labute approximate surface area is 198 Å². The van der Waals surface area contributed by atoms with Gasteiger partial charge in [0.1, 0.15) is 18.3 Å². The number of carbonyl (C=O) groups is 2. The van der Waals surface area contributed by atoms with Crippen molar-refractivity contribution in [3.05, 3.63) is 58.1 Å². The molecule has 0 radical (unpaired) electrons. The van der Waals surface area contributed by atoms with Gasteiger partial charge in [-0.25, -0.2) is 8.42 Å². The monoisotopic (exact) mass is 501 g/mol. The number of benzene rings is 2. The van der Waals surface area contributed by atoms with Gasteiger partial charge in [-0.3, -0.25) is 13.9 Å². The number of anilines is 1. The molecule has 1 N–H and O–H groups in total. The fraction of sp³-hybridized carbons (Fsp3) is 0.333. The molecule has 2 aromatic carbocycles. The highest BCUT2D eigenvalue weighted by Gasteiger charge is 2.30. The van der Waals surface area contributed by atoms with Crippen molar-refractivity contribution < 1.29 is 22.7 Å². The summed E-state index contributed by atoms with van der Waals surface area (Å²) in [5, 5.41) is 3.13. The van der Waals surface area contributed by atoms with E-state index in [1.165, 1.54) is 37.3 Å². The van der Waals surface area contributed by atoms with Crippen LogP contribution in [-0.2, 0) is 26.2 Å². The van der Waals surface area contributed by atoms with Crippen LogP contribution in [0.5, 0.6) is 5.75 Å². The van der Waals surface area contributed by atoms with Crippen molar-refractivity contribution in [1.29, 1.82) is 0 Å². The summed E-state index contributed by atoms with van der Waals surface area (Å²) in [5.41, 5.74) is 0.814. The number of amides is 2. The second-order valence-electron chi connectivity index (χ2n) is 6.99. The molecular weight excluding hydrogens is 477 g/mol. The lowest BCUT2D eigenvalue weighted by molar-refractivity contribution is -0.139. The number of halogens is 2. The summed E-state index contributed by atoms with van der Waals surface area (Å²) >= 11 is 12.4. The molecule has 0 saturated carbocycles. The maximum Gasteiger partial charge on any atom is 0.244 e. The molecule has 0 aromatic heterocycles. The maximum absolute atomic E-state index is 13.3. The Kier molecular flexibility index (Phi) is 8.77. The molecule has 0 aliphatic heterocycles. The Morgan fingerprint density at radius 1 is 1.12 bits per heavy atom. The first kappa shape index (κ1) is 25.8. The Hall–Kier alpha value is -2.49. The predicted molar refractivity (Wildman–Crippen MR) is 126 cm³/mol. The predicted octanol–water partition coefficient (Wildman–Crippen LogP) is 2.93. The Bertz CT molecular complexity index is 1090. The van der Waals surface area contributed by atoms with Crippen molar-refractivity contribution in [2.75, 3.05) is 31.3 Å². The molecule has 0 spiro atoms. The lowest BCUT2D eigenvalue weighted by Crippen LogP contribution is -2.50. The lowest BCUT2D eigenvalue weighted by atomic mass is 10.1. The zero-order valence-electron chi connectivity index (χ0n) is 18.1. The van der Waals surface area contributed by atoms with E-state index in [-0.39, 0.29) is 17.3 Å². The Morgan fingerprint density at radius 2 is 1.78 bits per heavy atom. The van der Waals surface area contributed by atoms with Crippen molar-refractivity contribution in [2.45, 2.75) is 19.5 Å². The van der Waals surface area contributed by atoms with Crippen LogP contribution >= 0.6 is 23.2 Å². The van der Waals surface area contributed by atoms with E-state index >= 15 is 0 Å². The van der Waals surface area contributed by atoms with Gasteiger partial charge >= 0.3 is 0 Å². The van der Waals surface area contributed by atoms with Crippen LogP contribution in [0.4, 0.5) is 5.69 Å². The smallest absolute Gasteiger partial charge is 0.244 e. The van der Waals surface area contributed by atoms with Crippen molar-refractivity contribution in [3.8, 4) is 5.75 Å². The number of nitrogens with one attached hydrogen (secondary N) is 1. The average Bonchev–Trinajstić information content (AvgIpc) is 2.74. The topological polar surface area (TPSA) is 96.0 Å². The molecule has 0 heterocycles. The summed E-state index contributed by atoms with van der Waals surface area (Å²) in [6, 6.07) is 10.4. The first-order chi connectivity index (χ1) is 15.0. The number of rotatable bonds is 9. The van der Waals surface area contributed by atoms with Gasteiger partial charge in [-0.1, -0.05) is 41.4 Å². The number of hydrogen-bond donors (Lipinski definition) is 1. The van der Waals surface area contributed by atoms with Gasteiger partial charge in [0.2, 0.25) is 21.8 Å². The first-order valence-corrected chi connectivity index (χ1v) is 12.2. The van der Waals surface area contributed by atoms with E-state index < -0.39 is 34.4 Å². The molecule has 0 aliphatic carbocycles. The van der Waals surface area contributed by atoms with E-state index in [2.05, 4.69) is 5.32 Å². The molecule has 8 nitrogen and oxygen atoms in total. The highest BCUT2D eigenvalue weighted by Crippen LogP contribution is 2.30. The molecule has 2 rings (SSSR count). The van der Waals surface area contributed by atoms with Gasteiger partial charge in [0.25, 0.3) is 0 Å². The molecular formula is C21H25Cl2N3O5S. The summed E-state index contributed by atoms with van der Waals surface area (Å²) in [6.07, 6.45) is 0.985. The number of sulfonamides is 1. The summed E-state index contributed by atoms with van der Waals surface area (Å²) in [5.74, 6) is -0.619. The second kappa shape index (κ2) is 10.9. The van der Waals surface area contributed by atoms with Gasteiger partial charge in [0, 0.05) is 18.6 Å². The van der Waals surface area contributed by atoms with Gasteiger partial charge < -0.3 is 15.0 Å².